The van der Waals surface area contributed by atoms with Gasteiger partial charge in [-0.25, -0.2) is 4.58 Å². The molecular weight excluding hydrogens is 298 g/mol. The third-order valence-electron chi connectivity index (χ3n) is 5.69. The predicted octanol–water partition coefficient (Wildman–Crippen LogP) is 4.88. The highest BCUT2D eigenvalue weighted by Crippen LogP contribution is 2.46. The van der Waals surface area contributed by atoms with Gasteiger partial charge in [0.2, 0.25) is 5.69 Å². The van der Waals surface area contributed by atoms with Gasteiger partial charge in [0.05, 0.1) is 5.41 Å². The van der Waals surface area contributed by atoms with Crippen molar-refractivity contribution in [2.45, 2.75) is 51.4 Å². The number of carboxylic acids is 1. The van der Waals surface area contributed by atoms with Crippen LogP contribution in [0.4, 0.5) is 5.69 Å². The average molecular weight is 324 g/mol. The van der Waals surface area contributed by atoms with Gasteiger partial charge in [0, 0.05) is 25.0 Å². The van der Waals surface area contributed by atoms with E-state index in [0.29, 0.717) is 0 Å². The van der Waals surface area contributed by atoms with Crippen LogP contribution >= 0.6 is 0 Å². The second kappa shape index (κ2) is 6.39. The monoisotopic (exact) mass is 324 g/mol. The fraction of sp³-hybridized carbons (Fsp3) is 0.429. The molecule has 0 bridgehead atoms. The first-order valence-corrected chi connectivity index (χ1v) is 8.77. The van der Waals surface area contributed by atoms with Crippen molar-refractivity contribution in [3.63, 3.8) is 0 Å². The minimum atomic E-state index is -0.694. The molecule has 1 unspecified atom stereocenters. The Bertz CT molecular complexity index is 822. The molecule has 1 atom stereocenters. The Hall–Kier alpha value is -2.16. The van der Waals surface area contributed by atoms with E-state index in [9.17, 15) is 4.79 Å². The first-order chi connectivity index (χ1) is 11.4. The molecule has 1 aliphatic rings. The highest BCUT2D eigenvalue weighted by molar-refractivity contribution is 6.01. The van der Waals surface area contributed by atoms with E-state index in [4.69, 9.17) is 5.11 Å². The minimum Gasteiger partial charge on any atom is -0.481 e. The van der Waals surface area contributed by atoms with Crippen LogP contribution in [0.1, 0.15) is 51.5 Å². The Morgan fingerprint density at radius 3 is 2.62 bits per heavy atom. The Morgan fingerprint density at radius 1 is 1.12 bits per heavy atom. The van der Waals surface area contributed by atoms with Gasteiger partial charge in [-0.3, -0.25) is 4.79 Å². The molecule has 2 aromatic carbocycles. The van der Waals surface area contributed by atoms with Gasteiger partial charge in [-0.15, -0.1) is 0 Å². The zero-order valence-electron chi connectivity index (χ0n) is 14.8. The Morgan fingerprint density at radius 2 is 1.88 bits per heavy atom. The van der Waals surface area contributed by atoms with E-state index in [1.165, 1.54) is 27.7 Å². The van der Waals surface area contributed by atoms with E-state index < -0.39 is 5.97 Å². The summed E-state index contributed by atoms with van der Waals surface area (Å²) in [7, 11) is 2.15. The van der Waals surface area contributed by atoms with Gasteiger partial charge < -0.3 is 5.11 Å². The molecule has 24 heavy (non-hydrogen) atoms. The quantitative estimate of drug-likeness (QED) is 0.607. The second-order valence-electron chi connectivity index (χ2n) is 7.11. The van der Waals surface area contributed by atoms with Crippen molar-refractivity contribution in [2.24, 2.45) is 0 Å². The lowest BCUT2D eigenvalue weighted by Gasteiger charge is -2.23. The number of hydrogen-bond acceptors (Lipinski definition) is 1. The van der Waals surface area contributed by atoms with Crippen LogP contribution in [0.25, 0.3) is 10.8 Å². The summed E-state index contributed by atoms with van der Waals surface area (Å²) in [6.45, 7) is 4.57. The molecule has 3 heteroatoms. The number of aliphatic carboxylic acids is 1. The molecule has 3 rings (SSSR count). The maximum atomic E-state index is 10.7. The van der Waals surface area contributed by atoms with Crippen molar-refractivity contribution in [3.05, 3.63) is 42.0 Å². The number of rotatable bonds is 6. The van der Waals surface area contributed by atoms with Crippen LogP contribution in [0.5, 0.6) is 0 Å². The molecule has 0 amide bonds. The molecular formula is C21H26NO2+. The number of fused-ring (bicyclic) bond motifs is 3. The first kappa shape index (κ1) is 16.7. The van der Waals surface area contributed by atoms with Gasteiger partial charge in [0.15, 0.2) is 5.71 Å². The molecule has 2 aromatic rings. The van der Waals surface area contributed by atoms with Crippen molar-refractivity contribution < 1.29 is 14.5 Å². The molecule has 0 spiro atoms. The summed E-state index contributed by atoms with van der Waals surface area (Å²) in [5.41, 5.74) is 4.14. The van der Waals surface area contributed by atoms with Crippen LogP contribution in [-0.4, -0.2) is 28.4 Å². The molecule has 0 saturated heterocycles. The van der Waals surface area contributed by atoms with E-state index in [1.54, 1.807) is 0 Å². The number of unbranched alkanes of at least 4 members (excludes halogenated alkanes) is 2. The van der Waals surface area contributed by atoms with Gasteiger partial charge in [0.1, 0.15) is 7.05 Å². The normalized spacial score (nSPS) is 19.8. The summed E-state index contributed by atoms with van der Waals surface area (Å²) in [6, 6.07) is 13.0. The summed E-state index contributed by atoms with van der Waals surface area (Å²) in [5.74, 6) is -0.694. The van der Waals surface area contributed by atoms with Gasteiger partial charge in [0.25, 0.3) is 0 Å². The van der Waals surface area contributed by atoms with E-state index in [1.807, 2.05) is 0 Å². The van der Waals surface area contributed by atoms with E-state index in [0.717, 1.165) is 25.7 Å². The molecule has 1 aliphatic heterocycles. The van der Waals surface area contributed by atoms with Crippen molar-refractivity contribution in [1.82, 2.24) is 0 Å². The Labute approximate surface area is 143 Å². The maximum absolute atomic E-state index is 10.7. The van der Waals surface area contributed by atoms with Gasteiger partial charge >= 0.3 is 5.97 Å². The number of carbonyl (C=O) groups is 1. The van der Waals surface area contributed by atoms with Gasteiger partial charge in [-0.1, -0.05) is 37.1 Å². The van der Waals surface area contributed by atoms with Crippen LogP contribution < -0.4 is 0 Å². The summed E-state index contributed by atoms with van der Waals surface area (Å²) in [6.07, 6.45) is 4.13. The fourth-order valence-electron chi connectivity index (χ4n) is 4.09. The highest BCUT2D eigenvalue weighted by atomic mass is 16.4. The average Bonchev–Trinajstić information content (AvgIpc) is 2.76. The number of benzene rings is 2. The molecule has 0 aliphatic carbocycles. The SMILES string of the molecule is CC1=[N+](C)c2ccc3ccccc3c2C1(C)CCCCCC(=O)O. The summed E-state index contributed by atoms with van der Waals surface area (Å²) in [5, 5.41) is 11.4. The molecule has 0 aromatic heterocycles. The van der Waals surface area contributed by atoms with Gasteiger partial charge in [-0.05, 0) is 36.6 Å². The largest absolute Gasteiger partial charge is 0.481 e. The fourth-order valence-corrected chi connectivity index (χ4v) is 4.09. The lowest BCUT2D eigenvalue weighted by Crippen LogP contribution is -2.29. The van der Waals surface area contributed by atoms with Crippen molar-refractivity contribution in [3.8, 4) is 0 Å². The smallest absolute Gasteiger partial charge is 0.303 e. The number of nitrogens with zero attached hydrogens (tertiary/aromatic N) is 1. The second-order valence-corrected chi connectivity index (χ2v) is 7.11. The first-order valence-electron chi connectivity index (χ1n) is 8.77. The number of hydrogen-bond donors (Lipinski definition) is 1. The summed E-state index contributed by atoms with van der Waals surface area (Å²) in [4.78, 5) is 10.7. The predicted molar refractivity (Wildman–Crippen MR) is 98.5 cm³/mol. The van der Waals surface area contributed by atoms with E-state index >= 15 is 0 Å². The Kier molecular flexibility index (Phi) is 4.44. The third kappa shape index (κ3) is 2.72. The maximum Gasteiger partial charge on any atom is 0.303 e. The lowest BCUT2D eigenvalue weighted by atomic mass is 9.74. The minimum absolute atomic E-state index is 0.0220. The van der Waals surface area contributed by atoms with Crippen LogP contribution in [-0.2, 0) is 10.2 Å². The molecule has 126 valence electrons. The molecule has 0 radical (unpaired) electrons. The topological polar surface area (TPSA) is 40.3 Å². The van der Waals surface area contributed by atoms with Crippen molar-refractivity contribution >= 4 is 28.1 Å². The summed E-state index contributed by atoms with van der Waals surface area (Å²) >= 11 is 0. The van der Waals surface area contributed by atoms with Crippen molar-refractivity contribution in [2.75, 3.05) is 7.05 Å². The van der Waals surface area contributed by atoms with Crippen LogP contribution in [0.15, 0.2) is 36.4 Å². The molecule has 0 saturated carbocycles. The molecule has 0 fully saturated rings. The van der Waals surface area contributed by atoms with Crippen LogP contribution in [0, 0.1) is 0 Å². The summed E-state index contributed by atoms with van der Waals surface area (Å²) < 4.78 is 2.32. The van der Waals surface area contributed by atoms with Crippen LogP contribution in [0.2, 0.25) is 0 Å². The zero-order valence-corrected chi connectivity index (χ0v) is 14.8. The third-order valence-corrected chi connectivity index (χ3v) is 5.69. The molecule has 1 heterocycles. The molecule has 1 N–H and O–H groups in total. The standard InChI is InChI=1S/C21H25NO2/c1-15-21(2,14-8-4-5-11-19(23)24)20-17-10-7-6-9-16(17)12-13-18(20)22(15)3/h6-7,9-10,12-13H,4-5,8,11,14H2,1-3H3/p+1. The molecule has 3 nitrogen and oxygen atoms in total. The number of carboxylic acid groups (broad SMARTS) is 1. The Balaban J connectivity index is 1.91. The van der Waals surface area contributed by atoms with Gasteiger partial charge in [-0.2, -0.15) is 0 Å². The van der Waals surface area contributed by atoms with Crippen molar-refractivity contribution in [1.29, 1.82) is 0 Å². The lowest BCUT2D eigenvalue weighted by molar-refractivity contribution is -0.403. The van der Waals surface area contributed by atoms with E-state index in [2.05, 4.69) is 61.9 Å². The zero-order chi connectivity index (χ0) is 17.3. The van der Waals surface area contributed by atoms with E-state index in [-0.39, 0.29) is 11.8 Å². The van der Waals surface area contributed by atoms with Crippen LogP contribution in [0.3, 0.4) is 0 Å². The highest BCUT2D eigenvalue weighted by Gasteiger charge is 2.45.